The molecule has 2 heterocycles. The maximum atomic E-state index is 5.79. The van der Waals surface area contributed by atoms with Crippen molar-refractivity contribution in [3.8, 4) is 5.75 Å². The molecule has 0 fully saturated rings. The molecule has 0 radical (unpaired) electrons. The van der Waals surface area contributed by atoms with Gasteiger partial charge in [-0.1, -0.05) is 34.1 Å². The Hall–Kier alpha value is -1.94. The van der Waals surface area contributed by atoms with Crippen molar-refractivity contribution < 1.29 is 4.74 Å². The van der Waals surface area contributed by atoms with E-state index in [-0.39, 0.29) is 0 Å². The number of para-hydroxylation sites is 1. The number of nitrogens with zero attached hydrogens (tertiary/aromatic N) is 2. The summed E-state index contributed by atoms with van der Waals surface area (Å²) >= 11 is 3.37. The van der Waals surface area contributed by atoms with Gasteiger partial charge >= 0.3 is 0 Å². The Balaban J connectivity index is 1.79. The van der Waals surface area contributed by atoms with Crippen LogP contribution in [0.4, 0.5) is 0 Å². The predicted molar refractivity (Wildman–Crippen MR) is 82.9 cm³/mol. The number of alkyl halides is 1. The maximum absolute atomic E-state index is 5.79. The van der Waals surface area contributed by atoms with Gasteiger partial charge in [0.05, 0.1) is 17.4 Å². The lowest BCUT2D eigenvalue weighted by Crippen LogP contribution is -1.98. The van der Waals surface area contributed by atoms with Crippen LogP contribution in [0.1, 0.15) is 11.3 Å². The van der Waals surface area contributed by atoms with Gasteiger partial charge in [0, 0.05) is 22.5 Å². The summed E-state index contributed by atoms with van der Waals surface area (Å²) in [7, 11) is 0. The van der Waals surface area contributed by atoms with Crippen LogP contribution >= 0.6 is 15.9 Å². The van der Waals surface area contributed by atoms with Crippen LogP contribution in [-0.4, -0.2) is 9.97 Å². The van der Waals surface area contributed by atoms with E-state index in [4.69, 9.17) is 4.74 Å². The van der Waals surface area contributed by atoms with E-state index in [1.807, 2.05) is 42.6 Å². The topological polar surface area (TPSA) is 35.0 Å². The predicted octanol–water partition coefficient (Wildman–Crippen LogP) is 4.10. The molecule has 0 spiro atoms. The number of hydrogen-bond acceptors (Lipinski definition) is 3. The lowest BCUT2D eigenvalue weighted by Gasteiger charge is -2.08. The summed E-state index contributed by atoms with van der Waals surface area (Å²) in [6.07, 6.45) is 3.56. The molecule has 0 saturated heterocycles. The van der Waals surface area contributed by atoms with Crippen LogP contribution in [0.2, 0.25) is 0 Å². The van der Waals surface area contributed by atoms with Crippen molar-refractivity contribution in [1.29, 1.82) is 0 Å². The molecule has 0 saturated carbocycles. The number of pyridine rings is 2. The average molecular weight is 329 g/mol. The molecule has 0 aliphatic heterocycles. The minimum atomic E-state index is 0.512. The first-order chi connectivity index (χ1) is 9.86. The van der Waals surface area contributed by atoms with Crippen molar-refractivity contribution in [2.75, 3.05) is 0 Å². The standard InChI is InChI=1S/C16H13BrN2O/c17-9-13-5-6-14(10-19-13)20-11-12-7-8-18-16-4-2-1-3-15(12)16/h1-8,10H,9,11H2. The number of aromatic nitrogens is 2. The monoisotopic (exact) mass is 328 g/mol. The Morgan fingerprint density at radius 3 is 2.70 bits per heavy atom. The molecule has 100 valence electrons. The van der Waals surface area contributed by atoms with Gasteiger partial charge in [-0.3, -0.25) is 9.97 Å². The number of hydrogen-bond donors (Lipinski definition) is 0. The summed E-state index contributed by atoms with van der Waals surface area (Å²) in [5.74, 6) is 0.774. The number of benzene rings is 1. The van der Waals surface area contributed by atoms with E-state index < -0.39 is 0 Å². The summed E-state index contributed by atoms with van der Waals surface area (Å²) in [6.45, 7) is 0.512. The van der Waals surface area contributed by atoms with Gasteiger partial charge in [0.15, 0.2) is 0 Å². The fraction of sp³-hybridized carbons (Fsp3) is 0.125. The van der Waals surface area contributed by atoms with Crippen LogP contribution in [0.3, 0.4) is 0 Å². The fourth-order valence-electron chi connectivity index (χ4n) is 2.02. The summed E-state index contributed by atoms with van der Waals surface area (Å²) in [5, 5.41) is 1.88. The van der Waals surface area contributed by atoms with E-state index in [1.54, 1.807) is 6.20 Å². The van der Waals surface area contributed by atoms with Gasteiger partial charge in [0.1, 0.15) is 12.4 Å². The first-order valence-electron chi connectivity index (χ1n) is 6.33. The zero-order valence-corrected chi connectivity index (χ0v) is 12.4. The zero-order valence-electron chi connectivity index (χ0n) is 10.8. The van der Waals surface area contributed by atoms with Gasteiger partial charge in [-0.25, -0.2) is 0 Å². The van der Waals surface area contributed by atoms with E-state index >= 15 is 0 Å². The van der Waals surface area contributed by atoms with Crippen molar-refractivity contribution in [2.24, 2.45) is 0 Å². The largest absolute Gasteiger partial charge is 0.487 e. The van der Waals surface area contributed by atoms with E-state index in [1.165, 1.54) is 0 Å². The maximum Gasteiger partial charge on any atom is 0.138 e. The van der Waals surface area contributed by atoms with Gasteiger partial charge in [-0.05, 0) is 24.3 Å². The third kappa shape index (κ3) is 2.80. The second-order valence-corrected chi connectivity index (χ2v) is 4.96. The van der Waals surface area contributed by atoms with Gasteiger partial charge in [0.2, 0.25) is 0 Å². The van der Waals surface area contributed by atoms with Crippen LogP contribution < -0.4 is 4.74 Å². The molecule has 3 nitrogen and oxygen atoms in total. The molecule has 0 N–H and O–H groups in total. The molecule has 4 heteroatoms. The van der Waals surface area contributed by atoms with Crippen molar-refractivity contribution in [2.45, 2.75) is 11.9 Å². The fourth-order valence-corrected chi connectivity index (χ4v) is 2.35. The molecule has 0 bridgehead atoms. The summed E-state index contributed by atoms with van der Waals surface area (Å²) in [5.41, 5.74) is 3.10. The molecule has 20 heavy (non-hydrogen) atoms. The van der Waals surface area contributed by atoms with Crippen LogP contribution in [0.15, 0.2) is 54.9 Å². The van der Waals surface area contributed by atoms with Crippen LogP contribution in [0.25, 0.3) is 10.9 Å². The second-order valence-electron chi connectivity index (χ2n) is 4.39. The van der Waals surface area contributed by atoms with Gasteiger partial charge < -0.3 is 4.74 Å². The minimum Gasteiger partial charge on any atom is -0.487 e. The zero-order chi connectivity index (χ0) is 13.8. The minimum absolute atomic E-state index is 0.512. The lowest BCUT2D eigenvalue weighted by molar-refractivity contribution is 0.306. The van der Waals surface area contributed by atoms with E-state index in [0.717, 1.165) is 33.2 Å². The molecule has 0 amide bonds. The van der Waals surface area contributed by atoms with Gasteiger partial charge in [0.25, 0.3) is 0 Å². The van der Waals surface area contributed by atoms with Crippen molar-refractivity contribution >= 4 is 26.8 Å². The Morgan fingerprint density at radius 2 is 1.90 bits per heavy atom. The molecule has 0 unspecified atom stereocenters. The van der Waals surface area contributed by atoms with E-state index in [9.17, 15) is 0 Å². The Morgan fingerprint density at radius 1 is 1.00 bits per heavy atom. The van der Waals surface area contributed by atoms with Gasteiger partial charge in [-0.15, -0.1) is 0 Å². The molecule has 3 rings (SSSR count). The number of halogens is 1. The van der Waals surface area contributed by atoms with Crippen molar-refractivity contribution in [3.63, 3.8) is 0 Å². The third-order valence-electron chi connectivity index (χ3n) is 3.07. The second kappa shape index (κ2) is 6.01. The average Bonchev–Trinajstić information content (AvgIpc) is 2.53. The summed E-state index contributed by atoms with van der Waals surface area (Å²) < 4.78 is 5.79. The van der Waals surface area contributed by atoms with Crippen molar-refractivity contribution in [3.05, 3.63) is 66.1 Å². The van der Waals surface area contributed by atoms with Crippen molar-refractivity contribution in [1.82, 2.24) is 9.97 Å². The smallest absolute Gasteiger partial charge is 0.138 e. The van der Waals surface area contributed by atoms with E-state index in [0.29, 0.717) is 6.61 Å². The number of rotatable bonds is 4. The first kappa shape index (κ1) is 13.1. The molecule has 1 aromatic carbocycles. The first-order valence-corrected chi connectivity index (χ1v) is 7.45. The highest BCUT2D eigenvalue weighted by molar-refractivity contribution is 9.08. The number of ether oxygens (including phenoxy) is 1. The third-order valence-corrected chi connectivity index (χ3v) is 3.64. The van der Waals surface area contributed by atoms with Gasteiger partial charge in [-0.2, -0.15) is 0 Å². The SMILES string of the molecule is BrCc1ccc(OCc2ccnc3ccccc23)cn1. The quantitative estimate of drug-likeness (QED) is 0.676. The molecule has 3 aromatic rings. The Bertz CT molecular complexity index is 708. The molecule has 0 aliphatic carbocycles. The molecular weight excluding hydrogens is 316 g/mol. The van der Waals surface area contributed by atoms with Crippen LogP contribution in [-0.2, 0) is 11.9 Å². The Kier molecular flexibility index (Phi) is 3.92. The number of fused-ring (bicyclic) bond motifs is 1. The highest BCUT2D eigenvalue weighted by Crippen LogP contribution is 2.19. The summed E-state index contributed by atoms with van der Waals surface area (Å²) in [4.78, 5) is 8.63. The van der Waals surface area contributed by atoms with Crippen LogP contribution in [0.5, 0.6) is 5.75 Å². The van der Waals surface area contributed by atoms with Crippen LogP contribution in [0, 0.1) is 0 Å². The highest BCUT2D eigenvalue weighted by atomic mass is 79.9. The van der Waals surface area contributed by atoms with E-state index in [2.05, 4.69) is 32.0 Å². The molecular formula is C16H13BrN2O. The molecule has 2 aromatic heterocycles. The normalized spacial score (nSPS) is 10.7. The highest BCUT2D eigenvalue weighted by Gasteiger charge is 2.02. The molecule has 0 aliphatic rings. The Labute approximate surface area is 125 Å². The summed E-state index contributed by atoms with van der Waals surface area (Å²) in [6, 6.07) is 13.9. The lowest BCUT2D eigenvalue weighted by atomic mass is 10.1. The molecule has 0 atom stereocenters.